The van der Waals surface area contributed by atoms with Crippen molar-refractivity contribution in [2.75, 3.05) is 0 Å². The Morgan fingerprint density at radius 2 is 1.81 bits per heavy atom. The highest BCUT2D eigenvalue weighted by atomic mass is 19.2. The van der Waals surface area contributed by atoms with Crippen LogP contribution in [0, 0.1) is 11.6 Å². The molecule has 0 aliphatic rings. The molecule has 0 heterocycles. The van der Waals surface area contributed by atoms with Crippen LogP contribution in [0.15, 0.2) is 42.5 Å². The summed E-state index contributed by atoms with van der Waals surface area (Å²) in [5, 5.41) is 0. The highest BCUT2D eigenvalue weighted by Gasteiger charge is 2.14. The molecule has 0 bridgehead atoms. The second-order valence-corrected chi connectivity index (χ2v) is 5.01. The summed E-state index contributed by atoms with van der Waals surface area (Å²) in [5.41, 5.74) is 0.870. The first kappa shape index (κ1) is 15.2. The Balaban J connectivity index is 2.22. The van der Waals surface area contributed by atoms with Gasteiger partial charge in [0.2, 0.25) is 0 Å². The van der Waals surface area contributed by atoms with E-state index in [1.807, 2.05) is 13.8 Å². The smallest absolute Gasteiger partial charge is 0.170 e. The fourth-order valence-corrected chi connectivity index (χ4v) is 1.98. The van der Waals surface area contributed by atoms with Gasteiger partial charge in [-0.15, -0.1) is 0 Å². The van der Waals surface area contributed by atoms with Crippen molar-refractivity contribution in [1.29, 1.82) is 0 Å². The quantitative estimate of drug-likeness (QED) is 0.772. The maximum Gasteiger partial charge on any atom is 0.170 e. The summed E-state index contributed by atoms with van der Waals surface area (Å²) in [6.07, 6.45) is -0.0578. The Kier molecular flexibility index (Phi) is 4.68. The fraction of sp³-hybridized carbons (Fsp3) is 0.235. The first-order valence-electron chi connectivity index (χ1n) is 6.70. The van der Waals surface area contributed by atoms with E-state index in [-0.39, 0.29) is 18.3 Å². The lowest BCUT2D eigenvalue weighted by Crippen LogP contribution is -2.11. The van der Waals surface area contributed by atoms with Gasteiger partial charge < -0.3 is 4.74 Å². The Bertz CT molecular complexity index is 651. The van der Waals surface area contributed by atoms with Crippen molar-refractivity contribution in [1.82, 2.24) is 0 Å². The molecule has 2 rings (SSSR count). The van der Waals surface area contributed by atoms with E-state index in [2.05, 4.69) is 0 Å². The molecule has 0 atom stereocenters. The molecule has 0 unspecified atom stereocenters. The second-order valence-electron chi connectivity index (χ2n) is 5.01. The summed E-state index contributed by atoms with van der Waals surface area (Å²) >= 11 is 0. The fourth-order valence-electron chi connectivity index (χ4n) is 1.98. The average Bonchev–Trinajstić information content (AvgIpc) is 2.43. The van der Waals surface area contributed by atoms with E-state index in [1.54, 1.807) is 24.3 Å². The van der Waals surface area contributed by atoms with Crippen LogP contribution in [0.3, 0.4) is 0 Å². The number of benzene rings is 2. The van der Waals surface area contributed by atoms with Gasteiger partial charge in [0, 0.05) is 6.42 Å². The molecular weight excluding hydrogens is 274 g/mol. The van der Waals surface area contributed by atoms with Crippen LogP contribution in [0.2, 0.25) is 0 Å². The SMILES string of the molecule is CC(C)Oc1ccccc1C(=O)Cc1ccc(F)c(F)c1. The van der Waals surface area contributed by atoms with Crippen LogP contribution in [0.4, 0.5) is 8.78 Å². The minimum atomic E-state index is -0.952. The zero-order chi connectivity index (χ0) is 15.4. The van der Waals surface area contributed by atoms with E-state index >= 15 is 0 Å². The molecule has 4 heteroatoms. The highest BCUT2D eigenvalue weighted by Crippen LogP contribution is 2.21. The van der Waals surface area contributed by atoms with Gasteiger partial charge >= 0.3 is 0 Å². The van der Waals surface area contributed by atoms with E-state index in [4.69, 9.17) is 4.74 Å². The van der Waals surface area contributed by atoms with Crippen LogP contribution >= 0.6 is 0 Å². The topological polar surface area (TPSA) is 26.3 Å². The van der Waals surface area contributed by atoms with E-state index in [1.165, 1.54) is 6.07 Å². The molecule has 0 amide bonds. The first-order valence-corrected chi connectivity index (χ1v) is 6.70. The lowest BCUT2D eigenvalue weighted by molar-refractivity contribution is 0.0987. The maximum atomic E-state index is 13.2. The van der Waals surface area contributed by atoms with Crippen molar-refractivity contribution < 1.29 is 18.3 Å². The van der Waals surface area contributed by atoms with Gasteiger partial charge in [-0.25, -0.2) is 8.78 Å². The van der Waals surface area contributed by atoms with Crippen molar-refractivity contribution in [3.05, 3.63) is 65.2 Å². The van der Waals surface area contributed by atoms with Crippen molar-refractivity contribution in [3.63, 3.8) is 0 Å². The predicted molar refractivity (Wildman–Crippen MR) is 76.6 cm³/mol. The Labute approximate surface area is 122 Å². The number of carbonyl (C=O) groups excluding carboxylic acids is 1. The van der Waals surface area contributed by atoms with Crippen LogP contribution in [-0.2, 0) is 6.42 Å². The summed E-state index contributed by atoms with van der Waals surface area (Å²) in [6, 6.07) is 10.4. The Morgan fingerprint density at radius 3 is 2.48 bits per heavy atom. The molecule has 0 saturated heterocycles. The number of halogens is 2. The molecule has 0 fully saturated rings. The van der Waals surface area contributed by atoms with Crippen molar-refractivity contribution >= 4 is 5.78 Å². The molecule has 0 spiro atoms. The molecule has 0 saturated carbocycles. The normalized spacial score (nSPS) is 10.7. The van der Waals surface area contributed by atoms with E-state index < -0.39 is 11.6 Å². The van der Waals surface area contributed by atoms with Gasteiger partial charge in [-0.2, -0.15) is 0 Å². The van der Waals surface area contributed by atoms with Crippen LogP contribution in [0.5, 0.6) is 5.75 Å². The molecule has 0 aliphatic carbocycles. The Morgan fingerprint density at radius 1 is 1.10 bits per heavy atom. The number of Topliss-reactive ketones (excluding diaryl/α,β-unsaturated/α-hetero) is 1. The number of hydrogen-bond donors (Lipinski definition) is 0. The van der Waals surface area contributed by atoms with Crippen LogP contribution in [0.25, 0.3) is 0 Å². The monoisotopic (exact) mass is 290 g/mol. The summed E-state index contributed by atoms with van der Waals surface area (Å²) in [7, 11) is 0. The first-order chi connectivity index (χ1) is 9.97. The van der Waals surface area contributed by atoms with Gasteiger partial charge in [0.15, 0.2) is 17.4 Å². The molecular formula is C17H16F2O2. The van der Waals surface area contributed by atoms with E-state index in [0.717, 1.165) is 12.1 Å². The third kappa shape index (κ3) is 3.88. The molecule has 110 valence electrons. The number of para-hydroxylation sites is 1. The summed E-state index contributed by atoms with van der Waals surface area (Å²) < 4.78 is 31.7. The standard InChI is InChI=1S/C17H16F2O2/c1-11(2)21-17-6-4-3-5-13(17)16(20)10-12-7-8-14(18)15(19)9-12/h3-9,11H,10H2,1-2H3. The summed E-state index contributed by atoms with van der Waals surface area (Å²) in [6.45, 7) is 3.74. The predicted octanol–water partition coefficient (Wildman–Crippen LogP) is 4.18. The molecule has 2 aromatic rings. The minimum absolute atomic E-state index is 0.00430. The van der Waals surface area contributed by atoms with E-state index in [0.29, 0.717) is 16.9 Å². The molecule has 2 aromatic carbocycles. The number of carbonyl (C=O) groups is 1. The van der Waals surface area contributed by atoms with Crippen molar-refractivity contribution in [2.24, 2.45) is 0 Å². The van der Waals surface area contributed by atoms with Crippen LogP contribution in [0.1, 0.15) is 29.8 Å². The van der Waals surface area contributed by atoms with Gasteiger partial charge in [-0.3, -0.25) is 4.79 Å². The lowest BCUT2D eigenvalue weighted by atomic mass is 10.0. The van der Waals surface area contributed by atoms with Crippen molar-refractivity contribution in [2.45, 2.75) is 26.4 Å². The number of rotatable bonds is 5. The maximum absolute atomic E-state index is 13.2. The molecule has 21 heavy (non-hydrogen) atoms. The van der Waals surface area contributed by atoms with Crippen molar-refractivity contribution in [3.8, 4) is 5.75 Å². The van der Waals surface area contributed by atoms with Gasteiger partial charge in [-0.1, -0.05) is 18.2 Å². The third-order valence-electron chi connectivity index (χ3n) is 2.90. The molecule has 0 aliphatic heterocycles. The van der Waals surface area contributed by atoms with Crippen LogP contribution in [-0.4, -0.2) is 11.9 Å². The highest BCUT2D eigenvalue weighted by molar-refractivity contribution is 5.99. The van der Waals surface area contributed by atoms with Crippen LogP contribution < -0.4 is 4.74 Å². The Hall–Kier alpha value is -2.23. The zero-order valence-electron chi connectivity index (χ0n) is 11.9. The molecule has 0 radical (unpaired) electrons. The van der Waals surface area contributed by atoms with Gasteiger partial charge in [0.25, 0.3) is 0 Å². The summed E-state index contributed by atoms with van der Waals surface area (Å²) in [4.78, 5) is 12.3. The van der Waals surface area contributed by atoms with E-state index in [9.17, 15) is 13.6 Å². The zero-order valence-corrected chi connectivity index (χ0v) is 11.9. The van der Waals surface area contributed by atoms with Gasteiger partial charge in [0.05, 0.1) is 11.7 Å². The summed E-state index contributed by atoms with van der Waals surface area (Å²) in [5.74, 6) is -1.57. The number of hydrogen-bond acceptors (Lipinski definition) is 2. The van der Waals surface area contributed by atoms with Gasteiger partial charge in [-0.05, 0) is 43.7 Å². The largest absolute Gasteiger partial charge is 0.490 e. The number of ketones is 1. The minimum Gasteiger partial charge on any atom is -0.490 e. The molecule has 0 aromatic heterocycles. The number of ether oxygens (including phenoxy) is 1. The molecule has 2 nitrogen and oxygen atoms in total. The average molecular weight is 290 g/mol. The molecule has 0 N–H and O–H groups in total. The second kappa shape index (κ2) is 6.48. The van der Waals surface area contributed by atoms with Gasteiger partial charge in [0.1, 0.15) is 5.75 Å². The third-order valence-corrected chi connectivity index (χ3v) is 2.90. The lowest BCUT2D eigenvalue weighted by Gasteiger charge is -2.13.